The molecule has 6 aromatic carbocycles. The second-order valence-electron chi connectivity index (χ2n) is 29.8. The average Bonchev–Trinajstić information content (AvgIpc) is 0.781. The van der Waals surface area contributed by atoms with Crippen LogP contribution in [0.4, 0.5) is 17.1 Å². The van der Waals surface area contributed by atoms with Crippen LogP contribution in [0.5, 0.6) is 34.5 Å². The lowest BCUT2D eigenvalue weighted by molar-refractivity contribution is -0.124. The van der Waals surface area contributed by atoms with Crippen molar-refractivity contribution in [2.24, 2.45) is 0 Å². The molecule has 0 atom stereocenters. The van der Waals surface area contributed by atoms with E-state index in [1.54, 1.807) is 0 Å². The van der Waals surface area contributed by atoms with Crippen LogP contribution in [0.25, 0.3) is 36.5 Å². The number of hydrogen-bond acceptors (Lipinski definition) is 12. The van der Waals surface area contributed by atoms with E-state index < -0.39 is 17.3 Å². The lowest BCUT2D eigenvalue weighted by Crippen LogP contribution is -2.33. The van der Waals surface area contributed by atoms with Gasteiger partial charge in [-0.25, -0.2) is 0 Å². The summed E-state index contributed by atoms with van der Waals surface area (Å²) < 4.78 is 38.1. The quantitative estimate of drug-likeness (QED) is 0.0145. The lowest BCUT2D eigenvalue weighted by atomic mass is 9.84. The zero-order valence-electron chi connectivity index (χ0n) is 68.7. The molecule has 1 fully saturated rings. The highest BCUT2D eigenvalue weighted by atomic mass is 16.5. The molecule has 0 spiro atoms. The van der Waals surface area contributed by atoms with E-state index >= 15 is 0 Å². The number of Topliss-reactive ketones (excluding diaryl/α,β-unsaturated/α-hetero) is 3. The van der Waals surface area contributed by atoms with Gasteiger partial charge in [-0.05, 0) is 145 Å². The van der Waals surface area contributed by atoms with Crippen LogP contribution in [0.3, 0.4) is 0 Å². The number of allylic oxidation sites excluding steroid dienone is 3. The Labute approximate surface area is 668 Å². The minimum absolute atomic E-state index is 0.184. The van der Waals surface area contributed by atoms with Crippen molar-refractivity contribution in [2.75, 3.05) is 55.6 Å². The maximum atomic E-state index is 14.6. The molecule has 111 heavy (non-hydrogen) atoms. The van der Waals surface area contributed by atoms with E-state index in [1.807, 2.05) is 109 Å². The Bertz CT molecular complexity index is 3390. The van der Waals surface area contributed by atoms with Crippen molar-refractivity contribution in [1.29, 1.82) is 0 Å². The number of ether oxygens (including phenoxy) is 6. The molecule has 7 rings (SSSR count). The zero-order valence-corrected chi connectivity index (χ0v) is 68.7. The smallest absolute Gasteiger partial charge is 0.203 e. The Morgan fingerprint density at radius 2 is 0.396 bits per heavy atom. The number of unbranched alkanes of at least 4 members (excludes halogenated alkanes) is 30. The first-order valence-corrected chi connectivity index (χ1v) is 43.2. The predicted octanol–water partition coefficient (Wildman–Crippen LogP) is 27.6. The summed E-state index contributed by atoms with van der Waals surface area (Å²) in [5.74, 6) is 2.52. The highest BCUT2D eigenvalue weighted by Gasteiger charge is 2.38. The van der Waals surface area contributed by atoms with Crippen molar-refractivity contribution in [2.45, 2.75) is 273 Å². The summed E-state index contributed by atoms with van der Waals surface area (Å²) in [6.45, 7) is 17.4. The number of rotatable bonds is 60. The van der Waals surface area contributed by atoms with Crippen molar-refractivity contribution >= 4 is 70.9 Å². The Hall–Kier alpha value is -9.03. The van der Waals surface area contributed by atoms with Gasteiger partial charge in [0.25, 0.3) is 0 Å². The third-order valence-electron chi connectivity index (χ3n) is 20.2. The molecule has 600 valence electrons. The summed E-state index contributed by atoms with van der Waals surface area (Å²) in [6.07, 6.45) is 59.5. The van der Waals surface area contributed by atoms with E-state index in [4.69, 9.17) is 28.4 Å². The molecule has 0 unspecified atom stereocenters. The Kier molecular flexibility index (Phi) is 44.5. The Morgan fingerprint density at radius 1 is 0.216 bits per heavy atom. The molecule has 3 N–H and O–H groups in total. The van der Waals surface area contributed by atoms with E-state index in [1.165, 1.54) is 173 Å². The van der Waals surface area contributed by atoms with Gasteiger partial charge in [-0.1, -0.05) is 325 Å². The van der Waals surface area contributed by atoms with Gasteiger partial charge in [0, 0.05) is 35.7 Å². The molecular formula is C99H135N3O9. The van der Waals surface area contributed by atoms with Gasteiger partial charge in [0.1, 0.15) is 0 Å². The fourth-order valence-electron chi connectivity index (χ4n) is 13.2. The molecule has 0 aromatic heterocycles. The summed E-state index contributed by atoms with van der Waals surface area (Å²) in [6, 6.07) is 41.6. The summed E-state index contributed by atoms with van der Waals surface area (Å²) in [4.78, 5) is 43.7. The number of carbonyl (C=O) groups excluding carboxylic acids is 3. The number of anilines is 3. The molecule has 0 bridgehead atoms. The van der Waals surface area contributed by atoms with Crippen LogP contribution in [0.2, 0.25) is 0 Å². The van der Waals surface area contributed by atoms with Crippen molar-refractivity contribution < 1.29 is 42.8 Å². The van der Waals surface area contributed by atoms with Crippen LogP contribution >= 0.6 is 0 Å². The zero-order chi connectivity index (χ0) is 78.4. The fraction of sp³-hybridized carbons (Fsp3) is 0.485. The maximum absolute atomic E-state index is 14.6. The molecule has 0 amide bonds. The normalized spacial score (nSPS) is 12.4. The van der Waals surface area contributed by atoms with E-state index in [2.05, 4.69) is 112 Å². The monoisotopic (exact) mass is 1510 g/mol. The van der Waals surface area contributed by atoms with Crippen LogP contribution in [0.15, 0.2) is 163 Å². The second kappa shape index (κ2) is 55.4. The van der Waals surface area contributed by atoms with Crippen LogP contribution in [-0.4, -0.2) is 57.0 Å². The molecule has 0 aliphatic heterocycles. The van der Waals surface area contributed by atoms with E-state index in [0.717, 1.165) is 145 Å². The van der Waals surface area contributed by atoms with Crippen molar-refractivity contribution in [3.05, 3.63) is 196 Å². The van der Waals surface area contributed by atoms with Crippen LogP contribution in [0, 0.1) is 0 Å². The lowest BCUT2D eigenvalue weighted by Gasteiger charge is -2.18. The molecule has 6 aromatic rings. The third-order valence-corrected chi connectivity index (χ3v) is 20.2. The van der Waals surface area contributed by atoms with Gasteiger partial charge in [0.15, 0.2) is 34.5 Å². The standard InChI is InChI=1S/C99H135N3O9/c1-7-13-19-25-31-37-67-106-91-64-55-82(73-94(91)109-70-40-34-28-22-16-10-4)46-43-79-49-58-85(59-50-79)100-76-88-97(103)89(77-101-86-60-51-80(52-61-86)44-47-83-56-65-92(107-68-38-32-26-20-14-8-2)95(74-83)110-71-41-35-29-23-17-11-5)99(105)90(98(88)104)78-102-87-62-53-81(54-63-87)45-48-84-57-66-93(108-69-39-33-27-21-15-9-3)96(75-84)111-72-42-36-30-24-18-12-6/h43-66,73-78,100-102H,7-42,67-72H2,1-6H3/b46-43+,47-44+,48-45+,88-76?,89-77?,90-78?. The predicted molar refractivity (Wildman–Crippen MR) is 469 cm³/mol. The van der Waals surface area contributed by atoms with Crippen LogP contribution < -0.4 is 44.4 Å². The van der Waals surface area contributed by atoms with E-state index in [9.17, 15) is 14.4 Å². The number of ketones is 3. The minimum Gasteiger partial charge on any atom is -0.490 e. The summed E-state index contributed by atoms with van der Waals surface area (Å²) in [5.41, 5.74) is 7.20. The first-order chi connectivity index (χ1) is 54.6. The maximum Gasteiger partial charge on any atom is 0.203 e. The van der Waals surface area contributed by atoms with Crippen molar-refractivity contribution in [3.8, 4) is 34.5 Å². The van der Waals surface area contributed by atoms with Crippen molar-refractivity contribution in [3.63, 3.8) is 0 Å². The molecule has 1 aliphatic carbocycles. The average molecular weight is 1510 g/mol. The molecule has 0 saturated heterocycles. The minimum atomic E-state index is -0.701. The van der Waals surface area contributed by atoms with Gasteiger partial charge >= 0.3 is 0 Å². The van der Waals surface area contributed by atoms with Gasteiger partial charge in [-0.3, -0.25) is 14.4 Å². The van der Waals surface area contributed by atoms with Gasteiger partial charge < -0.3 is 44.4 Å². The molecule has 0 heterocycles. The molecular weight excluding hydrogens is 1380 g/mol. The second-order valence-corrected chi connectivity index (χ2v) is 29.8. The summed E-state index contributed by atoms with van der Waals surface area (Å²) in [7, 11) is 0. The number of benzene rings is 6. The summed E-state index contributed by atoms with van der Waals surface area (Å²) >= 11 is 0. The van der Waals surface area contributed by atoms with Gasteiger partial charge in [-0.15, -0.1) is 0 Å². The first kappa shape index (κ1) is 89.2. The third kappa shape index (κ3) is 35.1. The first-order valence-electron chi connectivity index (χ1n) is 43.2. The number of nitrogens with one attached hydrogen (secondary N) is 3. The molecule has 0 radical (unpaired) electrons. The molecule has 1 saturated carbocycles. The summed E-state index contributed by atoms with van der Waals surface area (Å²) in [5, 5.41) is 9.61. The molecule has 1 aliphatic rings. The topological polar surface area (TPSA) is 143 Å². The van der Waals surface area contributed by atoms with Crippen LogP contribution in [0.1, 0.15) is 306 Å². The van der Waals surface area contributed by atoms with E-state index in [-0.39, 0.29) is 16.7 Å². The molecule has 12 heteroatoms. The Morgan fingerprint density at radius 3 is 0.613 bits per heavy atom. The number of hydrogen-bond donors (Lipinski definition) is 3. The van der Waals surface area contributed by atoms with Crippen molar-refractivity contribution in [1.82, 2.24) is 0 Å². The largest absolute Gasteiger partial charge is 0.490 e. The SMILES string of the molecule is CCCCCCCCOc1ccc(/C=C/c2ccc(NC=C3C(=O)C(=CNc4ccc(/C=C/c5ccc(OCCCCCCCC)c(OCCCCCCCC)c5)cc4)C(=O)C(=CNc4ccc(/C=C/c5ccc(OCCCCCCCC)c(OCCCCCCCC)c5)cc4)C3=O)cc2)cc1OCCCCCCCC. The highest BCUT2D eigenvalue weighted by Crippen LogP contribution is 2.35. The van der Waals surface area contributed by atoms with Gasteiger partial charge in [0.2, 0.25) is 17.3 Å². The highest BCUT2D eigenvalue weighted by molar-refractivity contribution is 6.51. The Balaban J connectivity index is 1.07. The van der Waals surface area contributed by atoms with Gasteiger partial charge in [0.05, 0.1) is 56.4 Å². The van der Waals surface area contributed by atoms with E-state index in [0.29, 0.717) is 56.7 Å². The fourth-order valence-corrected chi connectivity index (χ4v) is 13.2. The number of carbonyl (C=O) groups is 3. The van der Waals surface area contributed by atoms with Crippen LogP contribution in [-0.2, 0) is 14.4 Å². The van der Waals surface area contributed by atoms with Gasteiger partial charge in [-0.2, -0.15) is 0 Å². The molecule has 12 nitrogen and oxygen atoms in total.